The predicted molar refractivity (Wildman–Crippen MR) is 117 cm³/mol. The van der Waals surface area contributed by atoms with Gasteiger partial charge < -0.3 is 9.84 Å². The third-order valence-electron chi connectivity index (χ3n) is 5.33. The summed E-state index contributed by atoms with van der Waals surface area (Å²) in [6.07, 6.45) is 20.1. The van der Waals surface area contributed by atoms with Crippen LogP contribution in [0.2, 0.25) is 0 Å². The van der Waals surface area contributed by atoms with Gasteiger partial charge in [-0.3, -0.25) is 9.59 Å². The Hall–Kier alpha value is -1.06. The first-order chi connectivity index (χ1) is 13.6. The smallest absolute Gasteiger partial charge is 0.306 e. The Balaban J connectivity index is 3.83. The van der Waals surface area contributed by atoms with Crippen LogP contribution in [0.25, 0.3) is 0 Å². The van der Waals surface area contributed by atoms with E-state index in [9.17, 15) is 9.59 Å². The molecule has 166 valence electrons. The molecule has 1 N–H and O–H groups in total. The molecule has 4 nitrogen and oxygen atoms in total. The Morgan fingerprint density at radius 3 is 1.61 bits per heavy atom. The molecule has 0 spiro atoms. The number of esters is 1. The molecule has 0 aromatic rings. The Morgan fingerprint density at radius 2 is 1.07 bits per heavy atom. The number of carboxylic acid groups (broad SMARTS) is 1. The van der Waals surface area contributed by atoms with Gasteiger partial charge in [0.15, 0.2) is 0 Å². The number of carbonyl (C=O) groups is 2. The number of carboxylic acids is 1. The first kappa shape index (κ1) is 26.9. The van der Waals surface area contributed by atoms with Crippen molar-refractivity contribution in [2.45, 2.75) is 142 Å². The third kappa shape index (κ3) is 19.7. The monoisotopic (exact) mass is 398 g/mol. The van der Waals surface area contributed by atoms with Crippen molar-refractivity contribution in [3.05, 3.63) is 0 Å². The number of carbonyl (C=O) groups excluding carboxylic acids is 1. The summed E-state index contributed by atoms with van der Waals surface area (Å²) in [7, 11) is 0. The zero-order valence-corrected chi connectivity index (χ0v) is 18.7. The summed E-state index contributed by atoms with van der Waals surface area (Å²) >= 11 is 0. The zero-order chi connectivity index (χ0) is 20.9. The van der Waals surface area contributed by atoms with Crippen LogP contribution in [-0.4, -0.2) is 23.1 Å². The summed E-state index contributed by atoms with van der Waals surface area (Å²) in [5.74, 6) is -0.689. The lowest BCUT2D eigenvalue weighted by molar-refractivity contribution is -0.150. The topological polar surface area (TPSA) is 63.6 Å². The van der Waals surface area contributed by atoms with Crippen molar-refractivity contribution in [3.63, 3.8) is 0 Å². The zero-order valence-electron chi connectivity index (χ0n) is 18.7. The van der Waals surface area contributed by atoms with Gasteiger partial charge in [0.1, 0.15) is 6.10 Å². The Bertz CT molecular complexity index is 368. The number of aliphatic carboxylic acids is 1. The summed E-state index contributed by atoms with van der Waals surface area (Å²) < 4.78 is 5.78. The minimum atomic E-state index is -0.685. The van der Waals surface area contributed by atoms with E-state index in [0.29, 0.717) is 12.8 Å². The summed E-state index contributed by atoms with van der Waals surface area (Å²) in [4.78, 5) is 22.5. The predicted octanol–water partition coefficient (Wildman–Crippen LogP) is 7.43. The maximum atomic E-state index is 12.1. The van der Waals surface area contributed by atoms with Crippen molar-refractivity contribution in [3.8, 4) is 0 Å². The van der Waals surface area contributed by atoms with Crippen LogP contribution in [0.15, 0.2) is 0 Å². The lowest BCUT2D eigenvalue weighted by Gasteiger charge is -2.18. The molecule has 0 aliphatic rings. The molecule has 28 heavy (non-hydrogen) atoms. The van der Waals surface area contributed by atoms with E-state index in [1.807, 2.05) is 0 Å². The summed E-state index contributed by atoms with van der Waals surface area (Å²) in [5.41, 5.74) is 0. The first-order valence-electron chi connectivity index (χ1n) is 12.0. The van der Waals surface area contributed by atoms with E-state index in [0.717, 1.165) is 64.2 Å². The van der Waals surface area contributed by atoms with Gasteiger partial charge in [-0.15, -0.1) is 0 Å². The molecule has 0 aliphatic carbocycles. The first-order valence-corrected chi connectivity index (χ1v) is 12.0. The molecule has 0 saturated heterocycles. The fraction of sp³-hybridized carbons (Fsp3) is 0.917. The van der Waals surface area contributed by atoms with Crippen LogP contribution in [0.4, 0.5) is 0 Å². The van der Waals surface area contributed by atoms with Crippen molar-refractivity contribution in [1.29, 1.82) is 0 Å². The van der Waals surface area contributed by atoms with Crippen molar-refractivity contribution in [2.75, 3.05) is 0 Å². The number of hydrogen-bond donors (Lipinski definition) is 1. The molecule has 0 radical (unpaired) electrons. The van der Waals surface area contributed by atoms with Gasteiger partial charge in [-0.05, 0) is 38.5 Å². The second kappa shape index (κ2) is 20.7. The normalized spacial score (nSPS) is 12.1. The van der Waals surface area contributed by atoms with E-state index in [1.165, 1.54) is 44.9 Å². The quantitative estimate of drug-likeness (QED) is 0.161. The van der Waals surface area contributed by atoms with E-state index in [1.54, 1.807) is 0 Å². The van der Waals surface area contributed by atoms with E-state index < -0.39 is 5.97 Å². The molecule has 1 unspecified atom stereocenters. The molecular weight excluding hydrogens is 352 g/mol. The van der Waals surface area contributed by atoms with Gasteiger partial charge in [-0.1, -0.05) is 84.5 Å². The van der Waals surface area contributed by atoms with Crippen molar-refractivity contribution < 1.29 is 19.4 Å². The van der Waals surface area contributed by atoms with Crippen molar-refractivity contribution in [1.82, 2.24) is 0 Å². The number of hydrogen-bond acceptors (Lipinski definition) is 3. The molecule has 0 rings (SSSR count). The molecule has 0 bridgehead atoms. The Morgan fingerprint density at radius 1 is 0.643 bits per heavy atom. The standard InChI is InChI=1S/C24H46O4/c1-3-5-7-15-18-22(28-24(27)21-14-6-4-2)19-16-12-10-8-9-11-13-17-20-23(25)26/h22H,3-21H2,1-2H3,(H,25,26). The second-order valence-electron chi connectivity index (χ2n) is 8.18. The van der Waals surface area contributed by atoms with Crippen LogP contribution in [-0.2, 0) is 14.3 Å². The number of ether oxygens (including phenoxy) is 1. The highest BCUT2D eigenvalue weighted by Crippen LogP contribution is 2.18. The van der Waals surface area contributed by atoms with Crippen LogP contribution in [0.3, 0.4) is 0 Å². The van der Waals surface area contributed by atoms with Crippen LogP contribution in [0.1, 0.15) is 136 Å². The third-order valence-corrected chi connectivity index (χ3v) is 5.33. The molecule has 0 aliphatic heterocycles. The summed E-state index contributed by atoms with van der Waals surface area (Å²) in [5, 5.41) is 8.62. The number of unbranched alkanes of at least 4 members (excludes halogenated alkanes) is 12. The maximum absolute atomic E-state index is 12.1. The maximum Gasteiger partial charge on any atom is 0.306 e. The van der Waals surface area contributed by atoms with Gasteiger partial charge in [-0.25, -0.2) is 0 Å². The molecule has 0 aromatic carbocycles. The van der Waals surface area contributed by atoms with Crippen LogP contribution >= 0.6 is 0 Å². The van der Waals surface area contributed by atoms with Crippen LogP contribution in [0, 0.1) is 0 Å². The van der Waals surface area contributed by atoms with Crippen LogP contribution < -0.4 is 0 Å². The average Bonchev–Trinajstić information content (AvgIpc) is 2.66. The largest absolute Gasteiger partial charge is 0.481 e. The van der Waals surface area contributed by atoms with Gasteiger partial charge in [-0.2, -0.15) is 0 Å². The molecule has 4 heteroatoms. The second-order valence-corrected chi connectivity index (χ2v) is 8.18. The van der Waals surface area contributed by atoms with E-state index in [2.05, 4.69) is 13.8 Å². The van der Waals surface area contributed by atoms with Crippen molar-refractivity contribution >= 4 is 11.9 Å². The van der Waals surface area contributed by atoms with Gasteiger partial charge in [0.05, 0.1) is 0 Å². The van der Waals surface area contributed by atoms with Gasteiger partial charge in [0.2, 0.25) is 0 Å². The highest BCUT2D eigenvalue weighted by molar-refractivity contribution is 5.69. The minimum Gasteiger partial charge on any atom is -0.481 e. The molecule has 0 amide bonds. The van der Waals surface area contributed by atoms with Crippen molar-refractivity contribution in [2.24, 2.45) is 0 Å². The highest BCUT2D eigenvalue weighted by atomic mass is 16.5. The summed E-state index contributed by atoms with van der Waals surface area (Å²) in [6, 6.07) is 0. The lowest BCUT2D eigenvalue weighted by Crippen LogP contribution is -2.18. The summed E-state index contributed by atoms with van der Waals surface area (Å²) in [6.45, 7) is 4.37. The highest BCUT2D eigenvalue weighted by Gasteiger charge is 2.14. The van der Waals surface area contributed by atoms with Gasteiger partial charge in [0, 0.05) is 12.8 Å². The minimum absolute atomic E-state index is 0.00435. The Labute approximate surface area is 173 Å². The molecule has 0 heterocycles. The average molecular weight is 399 g/mol. The van der Waals surface area contributed by atoms with E-state index in [-0.39, 0.29) is 12.1 Å². The molecule has 1 atom stereocenters. The van der Waals surface area contributed by atoms with Gasteiger partial charge in [0.25, 0.3) is 0 Å². The fourth-order valence-electron chi connectivity index (χ4n) is 3.53. The lowest BCUT2D eigenvalue weighted by atomic mass is 10.0. The van der Waals surface area contributed by atoms with Gasteiger partial charge >= 0.3 is 11.9 Å². The molecular formula is C24H46O4. The SMILES string of the molecule is CCCCCCC(CCCCCCCCCCC(=O)O)OC(=O)CCCCC. The number of rotatable bonds is 21. The Kier molecular flexibility index (Phi) is 19.9. The molecule has 0 saturated carbocycles. The van der Waals surface area contributed by atoms with E-state index >= 15 is 0 Å². The molecule has 0 aromatic heterocycles. The fourth-order valence-corrected chi connectivity index (χ4v) is 3.53. The van der Waals surface area contributed by atoms with Crippen LogP contribution in [0.5, 0.6) is 0 Å². The van der Waals surface area contributed by atoms with E-state index in [4.69, 9.17) is 9.84 Å². The molecule has 0 fully saturated rings.